The Morgan fingerprint density at radius 3 is 2.57 bits per heavy atom. The van der Waals surface area contributed by atoms with Crippen molar-refractivity contribution in [3.8, 4) is 5.75 Å². The van der Waals surface area contributed by atoms with E-state index in [4.69, 9.17) is 11.6 Å². The number of carboxylic acid groups (broad SMARTS) is 1. The van der Waals surface area contributed by atoms with Crippen LogP contribution in [0.15, 0.2) is 84.0 Å². The molecule has 0 bridgehead atoms. The Kier molecular flexibility index (Phi) is 6.09. The number of nitrogens with zero attached hydrogens (tertiary/aromatic N) is 2. The molecule has 8 heteroatoms. The van der Waals surface area contributed by atoms with Gasteiger partial charge in [0, 0.05) is 28.3 Å². The van der Waals surface area contributed by atoms with Gasteiger partial charge in [0.2, 0.25) is 0 Å². The van der Waals surface area contributed by atoms with Crippen molar-refractivity contribution in [2.24, 2.45) is 5.10 Å². The number of para-hydroxylation sites is 1. The fourth-order valence-corrected chi connectivity index (χ4v) is 4.72. The summed E-state index contributed by atoms with van der Waals surface area (Å²) in [6, 6.07) is 17.5. The monoisotopic (exact) mass is 513 g/mol. The number of fused-ring (bicyclic) bond motifs is 1. The van der Waals surface area contributed by atoms with Crippen LogP contribution in [-0.2, 0) is 9.59 Å². The van der Waals surface area contributed by atoms with Crippen LogP contribution in [0.5, 0.6) is 5.75 Å². The first kappa shape index (κ1) is 24.3. The summed E-state index contributed by atoms with van der Waals surface area (Å²) in [6.07, 6.45) is 4.87. The molecule has 37 heavy (non-hydrogen) atoms. The molecule has 186 valence electrons. The number of aromatic hydroxyl groups is 1. The molecule has 7 nitrogen and oxygen atoms in total. The van der Waals surface area contributed by atoms with Gasteiger partial charge in [-0.2, -0.15) is 5.10 Å². The average molecular weight is 514 g/mol. The molecule has 3 aromatic rings. The molecule has 1 unspecified atom stereocenters. The third-order valence-electron chi connectivity index (χ3n) is 6.76. The van der Waals surface area contributed by atoms with Crippen molar-refractivity contribution in [1.82, 2.24) is 5.43 Å². The highest BCUT2D eigenvalue weighted by Gasteiger charge is 2.41. The van der Waals surface area contributed by atoms with Gasteiger partial charge >= 0.3 is 5.97 Å². The van der Waals surface area contributed by atoms with Crippen molar-refractivity contribution in [2.45, 2.75) is 25.8 Å². The van der Waals surface area contributed by atoms with Gasteiger partial charge in [-0.05, 0) is 73.0 Å². The summed E-state index contributed by atoms with van der Waals surface area (Å²) in [6.45, 7) is 3.96. The number of phenolic OH excluding ortho intramolecular Hbond substituents is 1. The first-order valence-electron chi connectivity index (χ1n) is 11.7. The van der Waals surface area contributed by atoms with E-state index in [1.54, 1.807) is 54.6 Å². The zero-order valence-corrected chi connectivity index (χ0v) is 21.0. The van der Waals surface area contributed by atoms with Crippen molar-refractivity contribution < 1.29 is 19.8 Å². The van der Waals surface area contributed by atoms with Crippen molar-refractivity contribution in [1.29, 1.82) is 0 Å². The van der Waals surface area contributed by atoms with Crippen LogP contribution in [0.4, 0.5) is 11.4 Å². The van der Waals surface area contributed by atoms with Crippen LogP contribution in [-0.4, -0.2) is 33.3 Å². The molecule has 3 N–H and O–H groups in total. The number of amides is 1. The summed E-state index contributed by atoms with van der Waals surface area (Å²) in [4.78, 5) is 27.7. The average Bonchev–Trinajstić information content (AvgIpc) is 3.15. The van der Waals surface area contributed by atoms with E-state index in [9.17, 15) is 19.8 Å². The molecule has 0 saturated carbocycles. The topological polar surface area (TPSA) is 102 Å². The number of nitrogens with one attached hydrogen (secondary N) is 1. The van der Waals surface area contributed by atoms with E-state index >= 15 is 0 Å². The summed E-state index contributed by atoms with van der Waals surface area (Å²) in [5.74, 6) is -1.51. The van der Waals surface area contributed by atoms with Crippen molar-refractivity contribution >= 4 is 46.1 Å². The number of hydrogen-bond donors (Lipinski definition) is 3. The van der Waals surface area contributed by atoms with E-state index in [2.05, 4.69) is 10.5 Å². The molecule has 0 radical (unpaired) electrons. The maximum Gasteiger partial charge on any atom is 0.335 e. The molecule has 0 aromatic heterocycles. The second-order valence-electron chi connectivity index (χ2n) is 9.16. The maximum atomic E-state index is 13.6. The standard InChI is InChI=1S/C29H24ClN3O4/c1-17-9-11-21(14-18(17)2)33-24-15-20(30)10-12-23(24)26(27(33)35)31-32-29(28(36)37)13-5-6-19(16-29)22-7-3-4-8-25(22)34/h3-15,32,34H,16H2,1-2H3,(H,36,37)/b31-26-. The normalized spacial score (nSPS) is 19.6. The summed E-state index contributed by atoms with van der Waals surface area (Å²) >= 11 is 6.27. The predicted octanol–water partition coefficient (Wildman–Crippen LogP) is 5.50. The second kappa shape index (κ2) is 9.26. The minimum atomic E-state index is -1.62. The van der Waals surface area contributed by atoms with Crippen LogP contribution < -0.4 is 10.3 Å². The molecule has 0 spiro atoms. The Labute approximate surface area is 219 Å². The van der Waals surface area contributed by atoms with Crippen molar-refractivity contribution in [2.75, 3.05) is 4.90 Å². The third-order valence-corrected chi connectivity index (χ3v) is 6.99. The number of aliphatic carboxylic acids is 1. The van der Waals surface area contributed by atoms with Crippen LogP contribution in [0.25, 0.3) is 5.57 Å². The van der Waals surface area contributed by atoms with Crippen LogP contribution in [0.1, 0.15) is 28.7 Å². The second-order valence-corrected chi connectivity index (χ2v) is 9.60. The Balaban J connectivity index is 1.53. The number of hydrogen-bond acceptors (Lipinski definition) is 5. The largest absolute Gasteiger partial charge is 0.507 e. The van der Waals surface area contributed by atoms with E-state index in [0.717, 1.165) is 11.1 Å². The van der Waals surface area contributed by atoms with Crippen LogP contribution in [0.3, 0.4) is 0 Å². The number of benzene rings is 3. The number of carbonyl (C=O) groups excluding carboxylic acids is 1. The molecule has 1 heterocycles. The molecule has 1 amide bonds. The van der Waals surface area contributed by atoms with Gasteiger partial charge < -0.3 is 10.2 Å². The lowest BCUT2D eigenvalue weighted by molar-refractivity contribution is -0.142. The first-order valence-corrected chi connectivity index (χ1v) is 12.0. The number of phenols is 1. The smallest absolute Gasteiger partial charge is 0.335 e. The predicted molar refractivity (Wildman–Crippen MR) is 144 cm³/mol. The minimum Gasteiger partial charge on any atom is -0.507 e. The van der Waals surface area contributed by atoms with E-state index < -0.39 is 17.4 Å². The highest BCUT2D eigenvalue weighted by molar-refractivity contribution is 6.56. The summed E-state index contributed by atoms with van der Waals surface area (Å²) in [5.41, 5.74) is 6.28. The van der Waals surface area contributed by atoms with E-state index in [1.807, 2.05) is 32.0 Å². The number of carbonyl (C=O) groups is 2. The Bertz CT molecular complexity index is 1540. The molecule has 0 fully saturated rings. The molecule has 3 aromatic carbocycles. The fraction of sp³-hybridized carbons (Fsp3) is 0.138. The first-order chi connectivity index (χ1) is 17.7. The number of carboxylic acids is 1. The van der Waals surface area contributed by atoms with E-state index in [0.29, 0.717) is 33.1 Å². The fourth-order valence-electron chi connectivity index (χ4n) is 4.55. The Morgan fingerprint density at radius 1 is 1.05 bits per heavy atom. The number of allylic oxidation sites excluding steroid dienone is 2. The lowest BCUT2D eigenvalue weighted by atomic mass is 9.84. The zero-order valence-electron chi connectivity index (χ0n) is 20.2. The third kappa shape index (κ3) is 4.27. The van der Waals surface area contributed by atoms with Gasteiger partial charge in [-0.25, -0.2) is 4.79 Å². The van der Waals surface area contributed by atoms with Gasteiger partial charge in [0.15, 0.2) is 11.3 Å². The molecule has 5 rings (SSSR count). The Hall–Kier alpha value is -4.36. The lowest BCUT2D eigenvalue weighted by Crippen LogP contribution is -2.49. The SMILES string of the molecule is Cc1ccc(N2C(=O)/C(=N\NC3(C(=O)O)C=CC=C(c4ccccc4O)C3)c3ccc(Cl)cc32)cc1C. The highest BCUT2D eigenvalue weighted by atomic mass is 35.5. The van der Waals surface area contributed by atoms with Crippen molar-refractivity contribution in [3.63, 3.8) is 0 Å². The zero-order chi connectivity index (χ0) is 26.3. The molecule has 0 saturated heterocycles. The highest BCUT2D eigenvalue weighted by Crippen LogP contribution is 2.39. The summed E-state index contributed by atoms with van der Waals surface area (Å²) in [7, 11) is 0. The molecule has 1 aliphatic carbocycles. The molecule has 1 atom stereocenters. The number of hydrazone groups is 1. The van der Waals surface area contributed by atoms with Gasteiger partial charge in [-0.3, -0.25) is 15.1 Å². The minimum absolute atomic E-state index is 0.00965. The van der Waals surface area contributed by atoms with Crippen LogP contribution in [0, 0.1) is 13.8 Å². The van der Waals surface area contributed by atoms with E-state index in [-0.39, 0.29) is 17.9 Å². The molecule has 2 aliphatic rings. The Morgan fingerprint density at radius 2 is 1.84 bits per heavy atom. The van der Waals surface area contributed by atoms with Gasteiger partial charge in [0.1, 0.15) is 5.75 Å². The van der Waals surface area contributed by atoms with Gasteiger partial charge in [-0.1, -0.05) is 48.0 Å². The van der Waals surface area contributed by atoms with Gasteiger partial charge in [0.05, 0.1) is 5.69 Å². The summed E-state index contributed by atoms with van der Waals surface area (Å²) < 4.78 is 0. The van der Waals surface area contributed by atoms with Crippen molar-refractivity contribution in [3.05, 3.63) is 106 Å². The number of rotatable bonds is 5. The lowest BCUT2D eigenvalue weighted by Gasteiger charge is -2.29. The number of aryl methyl sites for hydroxylation is 2. The summed E-state index contributed by atoms with van der Waals surface area (Å²) in [5, 5.41) is 25.3. The number of halogens is 1. The maximum absolute atomic E-state index is 13.6. The molecule has 1 aliphatic heterocycles. The van der Waals surface area contributed by atoms with Crippen LogP contribution >= 0.6 is 11.6 Å². The van der Waals surface area contributed by atoms with Gasteiger partial charge in [-0.15, -0.1) is 0 Å². The van der Waals surface area contributed by atoms with Crippen LogP contribution in [0.2, 0.25) is 5.02 Å². The van der Waals surface area contributed by atoms with Gasteiger partial charge in [0.25, 0.3) is 5.91 Å². The van der Waals surface area contributed by atoms with E-state index in [1.165, 1.54) is 11.0 Å². The molecular weight excluding hydrogens is 490 g/mol. The number of anilines is 2. The molecular formula is C29H24ClN3O4. The quantitative estimate of drug-likeness (QED) is 0.391.